The molecule has 9 nitrogen and oxygen atoms in total. The van der Waals surface area contributed by atoms with Gasteiger partial charge in [-0.3, -0.25) is 13.9 Å². The van der Waals surface area contributed by atoms with Gasteiger partial charge in [-0.05, 0) is 53.5 Å². The predicted molar refractivity (Wildman–Crippen MR) is 173 cm³/mol. The molecular weight excluding hydrogens is 667 g/mol. The second-order valence-corrected chi connectivity index (χ2v) is 18.2. The fourth-order valence-electron chi connectivity index (χ4n) is 4.44. The van der Waals surface area contributed by atoms with Crippen molar-refractivity contribution in [3.8, 4) is 11.5 Å². The maximum atomic E-state index is 13.8. The van der Waals surface area contributed by atoms with E-state index in [2.05, 4.69) is 56.5 Å². The van der Waals surface area contributed by atoms with E-state index in [9.17, 15) is 9.59 Å². The predicted octanol–water partition coefficient (Wildman–Crippen LogP) is 5.38. The Morgan fingerprint density at radius 2 is 1.48 bits per heavy atom. The van der Waals surface area contributed by atoms with Crippen LogP contribution in [0.2, 0.25) is 18.1 Å². The van der Waals surface area contributed by atoms with E-state index in [1.165, 1.54) is 21.4 Å². The molecule has 228 valence electrons. The van der Waals surface area contributed by atoms with Gasteiger partial charge in [0.25, 0.3) is 5.56 Å². The third-order valence-electron chi connectivity index (χ3n) is 8.15. The van der Waals surface area contributed by atoms with Crippen LogP contribution in [0.15, 0.2) is 70.4 Å². The van der Waals surface area contributed by atoms with E-state index in [4.69, 9.17) is 23.4 Å². The number of hydrogen-bond acceptors (Lipinski definition) is 7. The molecular formula is C31H41IN2O7Si. The SMILES string of the molecule is COc1ccc(CO[C@@H]2[C@@H](I)[C@@H](CO[Si](C)(C)C(C)(C)C)O[C@H]2n2ccc(=O)n(Cc3ccc(OC)cc3)c2=O)cc1. The first-order valence-corrected chi connectivity index (χ1v) is 18.1. The summed E-state index contributed by atoms with van der Waals surface area (Å²) in [6.45, 7) is 11.9. The van der Waals surface area contributed by atoms with Gasteiger partial charge in [0.05, 0.1) is 44.0 Å². The average Bonchev–Trinajstić information content (AvgIpc) is 3.27. The normalized spacial score (nSPS) is 21.0. The Hall–Kier alpha value is -2.45. The van der Waals surface area contributed by atoms with Crippen LogP contribution in [0.5, 0.6) is 11.5 Å². The van der Waals surface area contributed by atoms with Crippen LogP contribution in [-0.2, 0) is 27.1 Å². The highest BCUT2D eigenvalue weighted by Crippen LogP contribution is 2.40. The number of methoxy groups -OCH3 is 2. The van der Waals surface area contributed by atoms with E-state index in [0.29, 0.717) is 19.0 Å². The zero-order valence-corrected chi connectivity index (χ0v) is 28.5. The molecule has 42 heavy (non-hydrogen) atoms. The number of nitrogens with zero attached hydrogens (tertiary/aromatic N) is 2. The van der Waals surface area contributed by atoms with E-state index >= 15 is 0 Å². The first kappa shape index (κ1) is 32.5. The quantitative estimate of drug-likeness (QED) is 0.150. The van der Waals surface area contributed by atoms with E-state index in [1.807, 2.05) is 36.4 Å². The third-order valence-corrected chi connectivity index (χ3v) is 14.2. The summed E-state index contributed by atoms with van der Waals surface area (Å²) >= 11 is 2.35. The van der Waals surface area contributed by atoms with Gasteiger partial charge in [0.1, 0.15) is 17.6 Å². The van der Waals surface area contributed by atoms with Crippen LogP contribution in [-0.4, -0.2) is 54.4 Å². The molecule has 0 bridgehead atoms. The average molecular weight is 709 g/mol. The topological polar surface area (TPSA) is 90.2 Å². The first-order valence-electron chi connectivity index (χ1n) is 14.0. The molecule has 11 heteroatoms. The van der Waals surface area contributed by atoms with Gasteiger partial charge in [-0.2, -0.15) is 0 Å². The molecule has 0 N–H and O–H groups in total. The van der Waals surface area contributed by atoms with Gasteiger partial charge in [0.15, 0.2) is 14.5 Å². The molecule has 0 aliphatic carbocycles. The minimum absolute atomic E-state index is 0.0456. The monoisotopic (exact) mass is 708 g/mol. The summed E-state index contributed by atoms with van der Waals surface area (Å²) in [5, 5.41) is 0.0456. The highest BCUT2D eigenvalue weighted by Gasteiger charge is 2.47. The van der Waals surface area contributed by atoms with E-state index in [-0.39, 0.29) is 27.2 Å². The van der Waals surface area contributed by atoms with E-state index in [1.54, 1.807) is 26.4 Å². The third kappa shape index (κ3) is 7.36. The Balaban J connectivity index is 1.63. The van der Waals surface area contributed by atoms with E-state index in [0.717, 1.165) is 16.9 Å². The van der Waals surface area contributed by atoms with Crippen molar-refractivity contribution in [2.75, 3.05) is 20.8 Å². The lowest BCUT2D eigenvalue weighted by Crippen LogP contribution is -2.44. The summed E-state index contributed by atoms with van der Waals surface area (Å²) in [5.74, 6) is 1.47. The molecule has 2 aromatic carbocycles. The molecule has 1 aliphatic rings. The van der Waals surface area contributed by atoms with Crippen LogP contribution in [0.4, 0.5) is 0 Å². The van der Waals surface area contributed by atoms with Gasteiger partial charge in [-0.25, -0.2) is 4.79 Å². The molecule has 0 amide bonds. The molecule has 0 spiro atoms. The summed E-state index contributed by atoms with van der Waals surface area (Å²) in [6.07, 6.45) is -0.0116. The number of ether oxygens (including phenoxy) is 4. The lowest BCUT2D eigenvalue weighted by Gasteiger charge is -2.37. The fraction of sp³-hybridized carbons (Fsp3) is 0.484. The van der Waals surface area contributed by atoms with Crippen molar-refractivity contribution in [1.29, 1.82) is 0 Å². The number of benzene rings is 2. The van der Waals surface area contributed by atoms with Gasteiger partial charge >= 0.3 is 5.69 Å². The Morgan fingerprint density at radius 1 is 0.905 bits per heavy atom. The highest BCUT2D eigenvalue weighted by atomic mass is 127. The maximum absolute atomic E-state index is 13.8. The van der Waals surface area contributed by atoms with Gasteiger partial charge in [-0.15, -0.1) is 0 Å². The lowest BCUT2D eigenvalue weighted by molar-refractivity contribution is -0.0764. The van der Waals surface area contributed by atoms with Crippen LogP contribution in [0, 0.1) is 0 Å². The molecule has 2 heterocycles. The number of halogens is 1. The van der Waals surface area contributed by atoms with Crippen LogP contribution in [0.1, 0.15) is 38.1 Å². The van der Waals surface area contributed by atoms with Crippen molar-refractivity contribution >= 4 is 30.9 Å². The van der Waals surface area contributed by atoms with E-state index < -0.39 is 26.3 Å². The number of alkyl halides is 1. The van der Waals surface area contributed by atoms with Crippen LogP contribution >= 0.6 is 22.6 Å². The molecule has 1 aromatic heterocycles. The molecule has 1 aliphatic heterocycles. The summed E-state index contributed by atoms with van der Waals surface area (Å²) in [4.78, 5) is 26.6. The van der Waals surface area contributed by atoms with Crippen LogP contribution in [0.3, 0.4) is 0 Å². The lowest BCUT2D eigenvalue weighted by atomic mass is 10.2. The Labute approximate surface area is 262 Å². The smallest absolute Gasteiger partial charge is 0.333 e. The second kappa shape index (κ2) is 13.5. The van der Waals surface area contributed by atoms with Crippen molar-refractivity contribution < 1.29 is 23.4 Å². The van der Waals surface area contributed by atoms with Gasteiger partial charge in [-0.1, -0.05) is 67.6 Å². The Bertz CT molecular complexity index is 1450. The first-order chi connectivity index (χ1) is 19.8. The zero-order valence-electron chi connectivity index (χ0n) is 25.3. The second-order valence-electron chi connectivity index (χ2n) is 12.0. The Morgan fingerprint density at radius 3 is 2.02 bits per heavy atom. The molecule has 0 unspecified atom stereocenters. The molecule has 4 atom stereocenters. The maximum Gasteiger partial charge on any atom is 0.333 e. The molecule has 3 aromatic rings. The Kier molecular flexibility index (Phi) is 10.4. The number of aromatic nitrogens is 2. The molecule has 0 saturated carbocycles. The van der Waals surface area contributed by atoms with Gasteiger partial charge in [0.2, 0.25) is 0 Å². The number of hydrogen-bond donors (Lipinski definition) is 0. The molecule has 0 radical (unpaired) electrons. The van der Waals surface area contributed by atoms with Crippen LogP contribution in [0.25, 0.3) is 0 Å². The van der Waals surface area contributed by atoms with Gasteiger partial charge in [0, 0.05) is 12.3 Å². The molecule has 1 saturated heterocycles. The van der Waals surface area contributed by atoms with Crippen molar-refractivity contribution in [3.05, 3.63) is 92.8 Å². The zero-order chi connectivity index (χ0) is 30.7. The van der Waals surface area contributed by atoms with Crippen molar-refractivity contribution in [2.45, 2.75) is 74.4 Å². The van der Waals surface area contributed by atoms with Crippen molar-refractivity contribution in [3.63, 3.8) is 0 Å². The standard InChI is InChI=1S/C31H41IN2O7Si/c1-31(2,3)42(6,7)40-20-25-27(32)28(39-19-22-10-14-24(38-5)15-11-22)29(41-25)33-17-16-26(35)34(30(33)36)18-21-8-12-23(37-4)13-9-21/h8-17,25,27-29H,18-20H2,1-7H3/t25-,27+,28-,29-/m1/s1. The minimum Gasteiger partial charge on any atom is -0.497 e. The highest BCUT2D eigenvalue weighted by molar-refractivity contribution is 14.1. The summed E-state index contributed by atoms with van der Waals surface area (Å²) in [7, 11) is 1.18. The van der Waals surface area contributed by atoms with Crippen LogP contribution < -0.4 is 20.7 Å². The summed E-state index contributed by atoms with van der Waals surface area (Å²) in [5.41, 5.74) is 0.927. The minimum atomic E-state index is -2.04. The number of rotatable bonds is 11. The fourth-order valence-corrected chi connectivity index (χ4v) is 6.39. The molecule has 4 rings (SSSR count). The largest absolute Gasteiger partial charge is 0.497 e. The van der Waals surface area contributed by atoms with Crippen molar-refractivity contribution in [1.82, 2.24) is 9.13 Å². The summed E-state index contributed by atoms with van der Waals surface area (Å²) < 4.78 is 32.6. The molecule has 1 fully saturated rings. The summed E-state index contributed by atoms with van der Waals surface area (Å²) in [6, 6.07) is 16.4. The van der Waals surface area contributed by atoms with Crippen molar-refractivity contribution in [2.24, 2.45) is 0 Å². The van der Waals surface area contributed by atoms with Gasteiger partial charge < -0.3 is 23.4 Å².